The largest absolute Gasteiger partial charge is 0.480 e. The van der Waals surface area contributed by atoms with E-state index in [1.165, 1.54) is 0 Å². The molecule has 1 aromatic rings. The maximum atomic E-state index is 12.0. The molecule has 0 fully saturated rings. The Kier molecular flexibility index (Phi) is 5.34. The van der Waals surface area contributed by atoms with Gasteiger partial charge in [-0.3, -0.25) is 0 Å². The predicted molar refractivity (Wildman–Crippen MR) is 90.6 cm³/mol. The van der Waals surface area contributed by atoms with E-state index in [-0.39, 0.29) is 5.92 Å². The summed E-state index contributed by atoms with van der Waals surface area (Å²) in [4.78, 5) is 23.7. The zero-order valence-corrected chi connectivity index (χ0v) is 15.1. The van der Waals surface area contributed by atoms with Gasteiger partial charge in [-0.2, -0.15) is 0 Å². The molecule has 0 saturated heterocycles. The summed E-state index contributed by atoms with van der Waals surface area (Å²) in [5.41, 5.74) is 1.46. The average Bonchev–Trinajstić information content (AvgIpc) is 2.42. The molecule has 1 amide bonds. The van der Waals surface area contributed by atoms with Gasteiger partial charge in [-0.15, -0.1) is 0 Å². The van der Waals surface area contributed by atoms with Gasteiger partial charge in [0.25, 0.3) is 0 Å². The molecular formula is C17H22BrNO4. The van der Waals surface area contributed by atoms with E-state index in [4.69, 9.17) is 4.74 Å². The van der Waals surface area contributed by atoms with Crippen LogP contribution in [0.2, 0.25) is 0 Å². The van der Waals surface area contributed by atoms with Gasteiger partial charge in [0, 0.05) is 10.4 Å². The Morgan fingerprint density at radius 3 is 2.70 bits per heavy atom. The average molecular weight is 384 g/mol. The summed E-state index contributed by atoms with van der Waals surface area (Å²) in [5.74, 6) is -1.31. The SMILES string of the molecule is CC(C)(C)OC(=O)N[C@H](C(=O)O)[C@@H]1CCCc2ccc(Br)cc21. The van der Waals surface area contributed by atoms with Crippen LogP contribution in [-0.4, -0.2) is 28.8 Å². The summed E-state index contributed by atoms with van der Waals surface area (Å²) < 4.78 is 6.11. The summed E-state index contributed by atoms with van der Waals surface area (Å²) in [6.45, 7) is 5.24. The number of halogens is 1. The van der Waals surface area contributed by atoms with Gasteiger partial charge in [0.05, 0.1) is 0 Å². The number of carbonyl (C=O) groups is 2. The molecule has 6 heteroatoms. The highest BCUT2D eigenvalue weighted by Crippen LogP contribution is 2.36. The number of rotatable bonds is 3. The van der Waals surface area contributed by atoms with Crippen molar-refractivity contribution >= 4 is 28.0 Å². The van der Waals surface area contributed by atoms with Crippen LogP contribution >= 0.6 is 15.9 Å². The molecule has 0 aromatic heterocycles. The first-order chi connectivity index (χ1) is 10.7. The van der Waals surface area contributed by atoms with Crippen LogP contribution in [0.3, 0.4) is 0 Å². The van der Waals surface area contributed by atoms with Crippen LogP contribution < -0.4 is 5.32 Å². The molecule has 0 bridgehead atoms. The molecule has 0 spiro atoms. The normalized spacial score (nSPS) is 18.7. The van der Waals surface area contributed by atoms with Gasteiger partial charge in [0.15, 0.2) is 0 Å². The van der Waals surface area contributed by atoms with Crippen molar-refractivity contribution in [2.45, 2.75) is 57.6 Å². The third-order valence-corrected chi connectivity index (χ3v) is 4.30. The van der Waals surface area contributed by atoms with Crippen LogP contribution in [0, 0.1) is 0 Å². The third-order valence-electron chi connectivity index (χ3n) is 3.81. The number of hydrogen-bond donors (Lipinski definition) is 2. The molecule has 0 saturated carbocycles. The molecule has 23 heavy (non-hydrogen) atoms. The number of amides is 1. The first-order valence-electron chi connectivity index (χ1n) is 7.68. The highest BCUT2D eigenvalue weighted by Gasteiger charge is 2.35. The minimum absolute atomic E-state index is 0.263. The molecule has 0 radical (unpaired) electrons. The molecule has 2 rings (SSSR count). The fourth-order valence-electron chi connectivity index (χ4n) is 2.92. The van der Waals surface area contributed by atoms with E-state index in [1.807, 2.05) is 18.2 Å². The highest BCUT2D eigenvalue weighted by atomic mass is 79.9. The van der Waals surface area contributed by atoms with E-state index in [2.05, 4.69) is 21.2 Å². The van der Waals surface area contributed by atoms with Gasteiger partial charge in [0.1, 0.15) is 11.6 Å². The van der Waals surface area contributed by atoms with E-state index in [9.17, 15) is 14.7 Å². The van der Waals surface area contributed by atoms with Crippen molar-refractivity contribution < 1.29 is 19.4 Å². The number of ether oxygens (including phenoxy) is 1. The predicted octanol–water partition coefficient (Wildman–Crippen LogP) is 3.85. The molecule has 0 aliphatic heterocycles. The number of carbonyl (C=O) groups excluding carboxylic acids is 1. The van der Waals surface area contributed by atoms with Crippen LogP contribution in [-0.2, 0) is 16.0 Å². The number of hydrogen-bond acceptors (Lipinski definition) is 3. The van der Waals surface area contributed by atoms with Crippen LogP contribution in [0.15, 0.2) is 22.7 Å². The molecule has 2 atom stereocenters. The highest BCUT2D eigenvalue weighted by molar-refractivity contribution is 9.10. The van der Waals surface area contributed by atoms with E-state index >= 15 is 0 Å². The Balaban J connectivity index is 2.24. The van der Waals surface area contributed by atoms with Crippen molar-refractivity contribution in [3.8, 4) is 0 Å². The molecule has 1 aromatic carbocycles. The Bertz CT molecular complexity index is 609. The summed E-state index contributed by atoms with van der Waals surface area (Å²) >= 11 is 3.44. The maximum absolute atomic E-state index is 12.0. The van der Waals surface area contributed by atoms with Gasteiger partial charge in [0.2, 0.25) is 0 Å². The molecule has 5 nitrogen and oxygen atoms in total. The number of benzene rings is 1. The van der Waals surface area contributed by atoms with Crippen molar-refractivity contribution in [3.05, 3.63) is 33.8 Å². The monoisotopic (exact) mass is 383 g/mol. The number of fused-ring (bicyclic) bond motifs is 1. The van der Waals surface area contributed by atoms with Gasteiger partial charge in [-0.1, -0.05) is 22.0 Å². The fourth-order valence-corrected chi connectivity index (χ4v) is 3.30. The Morgan fingerprint density at radius 2 is 2.09 bits per heavy atom. The van der Waals surface area contributed by atoms with Crippen molar-refractivity contribution in [1.29, 1.82) is 0 Å². The minimum Gasteiger partial charge on any atom is -0.480 e. The van der Waals surface area contributed by atoms with Crippen molar-refractivity contribution in [2.75, 3.05) is 0 Å². The van der Waals surface area contributed by atoms with Gasteiger partial charge in [-0.05, 0) is 63.3 Å². The van der Waals surface area contributed by atoms with Crippen LogP contribution in [0.25, 0.3) is 0 Å². The maximum Gasteiger partial charge on any atom is 0.408 e. The summed E-state index contributed by atoms with van der Waals surface area (Å²) in [5, 5.41) is 12.1. The van der Waals surface area contributed by atoms with Gasteiger partial charge < -0.3 is 15.2 Å². The zero-order valence-electron chi connectivity index (χ0n) is 13.6. The standard InChI is InChI=1S/C17H22BrNO4/c1-17(2,3)23-16(22)19-14(15(20)21)12-6-4-5-10-7-8-11(18)9-13(10)12/h7-9,12,14H,4-6H2,1-3H3,(H,19,22)(H,20,21)/t12-,14+/m1/s1. The van der Waals surface area contributed by atoms with Crippen LogP contribution in [0.5, 0.6) is 0 Å². The molecule has 126 valence electrons. The van der Waals surface area contributed by atoms with Gasteiger partial charge >= 0.3 is 12.1 Å². The molecule has 1 aliphatic rings. The number of carboxylic acid groups (broad SMARTS) is 1. The molecule has 2 N–H and O–H groups in total. The Hall–Kier alpha value is -1.56. The first kappa shape index (κ1) is 17.8. The molecular weight excluding hydrogens is 362 g/mol. The van der Waals surface area contributed by atoms with E-state index in [0.717, 1.165) is 34.9 Å². The van der Waals surface area contributed by atoms with Crippen LogP contribution in [0.4, 0.5) is 4.79 Å². The Morgan fingerprint density at radius 1 is 1.39 bits per heavy atom. The van der Waals surface area contributed by atoms with E-state index in [0.29, 0.717) is 0 Å². The lowest BCUT2D eigenvalue weighted by Gasteiger charge is -2.31. The number of aliphatic carboxylic acids is 1. The lowest BCUT2D eigenvalue weighted by atomic mass is 9.79. The number of nitrogens with one attached hydrogen (secondary N) is 1. The molecule has 1 aliphatic carbocycles. The number of carboxylic acids is 1. The van der Waals surface area contributed by atoms with Crippen molar-refractivity contribution in [2.24, 2.45) is 0 Å². The number of alkyl carbamates (subject to hydrolysis) is 1. The van der Waals surface area contributed by atoms with Crippen molar-refractivity contribution in [1.82, 2.24) is 5.32 Å². The van der Waals surface area contributed by atoms with E-state index < -0.39 is 23.7 Å². The zero-order chi connectivity index (χ0) is 17.2. The fraction of sp³-hybridized carbons (Fsp3) is 0.529. The second kappa shape index (κ2) is 6.91. The molecule has 0 heterocycles. The summed E-state index contributed by atoms with van der Waals surface area (Å²) in [6, 6.07) is 4.92. The second-order valence-electron chi connectivity index (χ2n) is 6.80. The van der Waals surface area contributed by atoms with Crippen molar-refractivity contribution in [3.63, 3.8) is 0 Å². The minimum atomic E-state index is -1.05. The summed E-state index contributed by atoms with van der Waals surface area (Å²) in [7, 11) is 0. The van der Waals surface area contributed by atoms with E-state index in [1.54, 1.807) is 20.8 Å². The lowest BCUT2D eigenvalue weighted by Crippen LogP contribution is -2.47. The lowest BCUT2D eigenvalue weighted by molar-refractivity contribution is -0.140. The van der Waals surface area contributed by atoms with Crippen LogP contribution in [0.1, 0.15) is 50.7 Å². The van der Waals surface area contributed by atoms with Gasteiger partial charge in [-0.25, -0.2) is 9.59 Å². The third kappa shape index (κ3) is 4.70. The second-order valence-corrected chi connectivity index (χ2v) is 7.72. The smallest absolute Gasteiger partial charge is 0.408 e. The Labute approximate surface area is 144 Å². The number of aryl methyl sites for hydroxylation is 1. The molecule has 0 unspecified atom stereocenters. The quantitative estimate of drug-likeness (QED) is 0.830. The summed E-state index contributed by atoms with van der Waals surface area (Å²) in [6.07, 6.45) is 1.85. The topological polar surface area (TPSA) is 75.6 Å². The first-order valence-corrected chi connectivity index (χ1v) is 8.47.